The monoisotopic (exact) mass is 263 g/mol. The zero-order valence-corrected chi connectivity index (χ0v) is 11.6. The maximum Gasteiger partial charge on any atom is 0.241 e. The quantitative estimate of drug-likeness (QED) is 0.836. The van der Waals surface area contributed by atoms with Crippen molar-refractivity contribution in [3.05, 3.63) is 11.8 Å². The third-order valence-corrected chi connectivity index (χ3v) is 3.07. The lowest BCUT2D eigenvalue weighted by atomic mass is 10.4. The van der Waals surface area contributed by atoms with Crippen molar-refractivity contribution >= 4 is 17.7 Å². The van der Waals surface area contributed by atoms with Gasteiger partial charge in [-0.1, -0.05) is 0 Å². The van der Waals surface area contributed by atoms with Crippen molar-refractivity contribution in [2.45, 2.75) is 26.7 Å². The van der Waals surface area contributed by atoms with Crippen molar-refractivity contribution in [3.8, 4) is 0 Å². The molecule has 1 amide bonds. The molecule has 0 unspecified atom stereocenters. The van der Waals surface area contributed by atoms with Gasteiger partial charge in [0, 0.05) is 31.4 Å². The van der Waals surface area contributed by atoms with Crippen LogP contribution in [-0.2, 0) is 4.79 Å². The molecule has 0 aromatic carbocycles. The number of aryl methyl sites for hydroxylation is 1. The van der Waals surface area contributed by atoms with E-state index in [9.17, 15) is 4.79 Å². The van der Waals surface area contributed by atoms with Gasteiger partial charge in [0.1, 0.15) is 5.82 Å². The van der Waals surface area contributed by atoms with Crippen LogP contribution in [0.2, 0.25) is 0 Å². The van der Waals surface area contributed by atoms with E-state index in [1.807, 2.05) is 24.8 Å². The average molecular weight is 263 g/mol. The number of nitrogens with one attached hydrogen (secondary N) is 2. The van der Waals surface area contributed by atoms with Gasteiger partial charge >= 0.3 is 0 Å². The maximum absolute atomic E-state index is 11.9. The van der Waals surface area contributed by atoms with E-state index in [1.54, 1.807) is 0 Å². The third-order valence-electron chi connectivity index (χ3n) is 3.07. The molecule has 1 aromatic heterocycles. The molecule has 0 radical (unpaired) electrons. The molecule has 1 saturated heterocycles. The molecule has 6 heteroatoms. The molecule has 0 aliphatic carbocycles. The van der Waals surface area contributed by atoms with E-state index < -0.39 is 0 Å². The Balaban J connectivity index is 1.92. The summed E-state index contributed by atoms with van der Waals surface area (Å²) in [4.78, 5) is 22.4. The minimum atomic E-state index is 0.138. The van der Waals surface area contributed by atoms with Crippen LogP contribution in [0.1, 0.15) is 25.5 Å². The van der Waals surface area contributed by atoms with Crippen LogP contribution in [-0.4, -0.2) is 47.0 Å². The molecule has 0 atom stereocenters. The van der Waals surface area contributed by atoms with Gasteiger partial charge in [0.15, 0.2) is 0 Å². The Morgan fingerprint density at radius 2 is 2.05 bits per heavy atom. The Morgan fingerprint density at radius 3 is 2.74 bits per heavy atom. The zero-order valence-electron chi connectivity index (χ0n) is 11.6. The molecule has 6 nitrogen and oxygen atoms in total. The van der Waals surface area contributed by atoms with Crippen molar-refractivity contribution in [2.24, 2.45) is 0 Å². The first-order chi connectivity index (χ1) is 9.19. The van der Waals surface area contributed by atoms with Gasteiger partial charge in [-0.15, -0.1) is 0 Å². The highest BCUT2D eigenvalue weighted by atomic mass is 16.2. The Labute approximate surface area is 113 Å². The van der Waals surface area contributed by atoms with Crippen LogP contribution in [0.25, 0.3) is 0 Å². The van der Waals surface area contributed by atoms with Crippen LogP contribution in [0.4, 0.5) is 11.8 Å². The van der Waals surface area contributed by atoms with Gasteiger partial charge in [0.2, 0.25) is 11.9 Å². The fraction of sp³-hybridized carbons (Fsp3) is 0.615. The molecule has 2 heterocycles. The summed E-state index contributed by atoms with van der Waals surface area (Å²) in [7, 11) is 0. The van der Waals surface area contributed by atoms with Crippen molar-refractivity contribution in [2.75, 3.05) is 36.8 Å². The van der Waals surface area contributed by atoms with Crippen LogP contribution in [0.5, 0.6) is 0 Å². The number of carbonyl (C=O) groups is 1. The first-order valence-electron chi connectivity index (χ1n) is 6.80. The minimum Gasteiger partial charge on any atom is -0.361 e. The van der Waals surface area contributed by atoms with Crippen molar-refractivity contribution in [1.82, 2.24) is 14.9 Å². The van der Waals surface area contributed by atoms with Crippen LogP contribution in [0.15, 0.2) is 6.07 Å². The normalized spacial score (nSPS) is 14.5. The summed E-state index contributed by atoms with van der Waals surface area (Å²) < 4.78 is 0. The van der Waals surface area contributed by atoms with Crippen LogP contribution < -0.4 is 10.6 Å². The summed E-state index contributed by atoms with van der Waals surface area (Å²) >= 11 is 0. The van der Waals surface area contributed by atoms with Crippen molar-refractivity contribution in [3.63, 3.8) is 0 Å². The number of carbonyl (C=O) groups excluding carboxylic acids is 1. The molecule has 19 heavy (non-hydrogen) atoms. The van der Waals surface area contributed by atoms with Crippen LogP contribution >= 0.6 is 0 Å². The molecule has 2 N–H and O–H groups in total. The molecule has 1 fully saturated rings. The number of nitrogens with zero attached hydrogens (tertiary/aromatic N) is 3. The number of hydrogen-bond donors (Lipinski definition) is 2. The highest BCUT2D eigenvalue weighted by molar-refractivity contribution is 5.80. The molecule has 1 aliphatic heterocycles. The van der Waals surface area contributed by atoms with E-state index >= 15 is 0 Å². The molecule has 1 aromatic rings. The smallest absolute Gasteiger partial charge is 0.241 e. The number of likely N-dealkylation sites (tertiary alicyclic amines) is 1. The van der Waals surface area contributed by atoms with Gasteiger partial charge in [0.25, 0.3) is 0 Å². The summed E-state index contributed by atoms with van der Waals surface area (Å²) in [5.41, 5.74) is 0.877. The van der Waals surface area contributed by atoms with E-state index in [0.717, 1.165) is 38.2 Å². The second-order valence-electron chi connectivity index (χ2n) is 4.69. The Kier molecular flexibility index (Phi) is 4.54. The molecule has 0 bridgehead atoms. The highest BCUT2D eigenvalue weighted by Gasteiger charge is 2.17. The molecular weight excluding hydrogens is 242 g/mol. The second kappa shape index (κ2) is 6.36. The zero-order chi connectivity index (χ0) is 13.7. The number of rotatable bonds is 5. The van der Waals surface area contributed by atoms with Crippen LogP contribution in [0, 0.1) is 6.92 Å². The predicted molar refractivity (Wildman–Crippen MR) is 75.2 cm³/mol. The topological polar surface area (TPSA) is 70.2 Å². The molecule has 0 saturated carbocycles. The molecule has 1 aliphatic rings. The molecule has 104 valence electrons. The van der Waals surface area contributed by atoms with E-state index in [4.69, 9.17) is 0 Å². The van der Waals surface area contributed by atoms with Gasteiger partial charge in [-0.2, -0.15) is 4.98 Å². The van der Waals surface area contributed by atoms with Gasteiger partial charge in [0.05, 0.1) is 6.54 Å². The number of anilines is 2. The summed E-state index contributed by atoms with van der Waals surface area (Å²) in [6, 6.07) is 1.85. The second-order valence-corrected chi connectivity index (χ2v) is 4.69. The number of amides is 1. The van der Waals surface area contributed by atoms with Gasteiger partial charge in [-0.05, 0) is 26.7 Å². The van der Waals surface area contributed by atoms with E-state index in [2.05, 4.69) is 20.6 Å². The lowest BCUT2D eigenvalue weighted by molar-refractivity contribution is -0.128. The summed E-state index contributed by atoms with van der Waals surface area (Å²) in [5.74, 6) is 1.42. The summed E-state index contributed by atoms with van der Waals surface area (Å²) in [5, 5.41) is 6.15. The first kappa shape index (κ1) is 13.6. The summed E-state index contributed by atoms with van der Waals surface area (Å²) in [6.45, 7) is 6.74. The Hall–Kier alpha value is -1.85. The molecule has 2 rings (SSSR count). The lowest BCUT2D eigenvalue weighted by Gasteiger charge is -2.16. The van der Waals surface area contributed by atoms with Crippen molar-refractivity contribution in [1.29, 1.82) is 0 Å². The fourth-order valence-electron chi connectivity index (χ4n) is 2.14. The number of hydrogen-bond acceptors (Lipinski definition) is 5. The summed E-state index contributed by atoms with van der Waals surface area (Å²) in [6.07, 6.45) is 2.23. The van der Waals surface area contributed by atoms with Crippen LogP contribution in [0.3, 0.4) is 0 Å². The minimum absolute atomic E-state index is 0.138. The predicted octanol–water partition coefficient (Wildman–Crippen LogP) is 1.25. The lowest BCUT2D eigenvalue weighted by Crippen LogP contribution is -2.33. The standard InChI is InChI=1S/C13H21N5O/c1-3-14-13-16-10(2)8-11(17-13)15-9-12(19)18-6-4-5-7-18/h8H,3-7,9H2,1-2H3,(H2,14,15,16,17). The Bertz CT molecular complexity index is 443. The maximum atomic E-state index is 11.9. The largest absolute Gasteiger partial charge is 0.361 e. The van der Waals surface area contributed by atoms with E-state index in [1.165, 1.54) is 0 Å². The number of aromatic nitrogens is 2. The third kappa shape index (κ3) is 3.81. The van der Waals surface area contributed by atoms with Gasteiger partial charge < -0.3 is 15.5 Å². The van der Waals surface area contributed by atoms with E-state index in [0.29, 0.717) is 18.3 Å². The van der Waals surface area contributed by atoms with E-state index in [-0.39, 0.29) is 5.91 Å². The average Bonchev–Trinajstić information content (AvgIpc) is 2.89. The fourth-order valence-corrected chi connectivity index (χ4v) is 2.14. The highest BCUT2D eigenvalue weighted by Crippen LogP contribution is 2.11. The van der Waals surface area contributed by atoms with Gasteiger partial charge in [-0.3, -0.25) is 4.79 Å². The first-order valence-corrected chi connectivity index (χ1v) is 6.80. The SMILES string of the molecule is CCNc1nc(C)cc(NCC(=O)N2CCCC2)n1. The molecular formula is C13H21N5O. The van der Waals surface area contributed by atoms with Gasteiger partial charge in [-0.25, -0.2) is 4.98 Å². The molecule has 0 spiro atoms. The Morgan fingerprint density at radius 1 is 1.32 bits per heavy atom. The van der Waals surface area contributed by atoms with Crippen molar-refractivity contribution < 1.29 is 4.79 Å².